The minimum absolute atomic E-state index is 0.0311. The summed E-state index contributed by atoms with van der Waals surface area (Å²) in [6.07, 6.45) is 0.930. The van der Waals surface area contributed by atoms with Gasteiger partial charge in [0.2, 0.25) is 11.8 Å². The van der Waals surface area contributed by atoms with Crippen LogP contribution in [0.5, 0.6) is 0 Å². The molecule has 2 aromatic carbocycles. The van der Waals surface area contributed by atoms with Crippen LogP contribution >= 0.6 is 0 Å². The monoisotopic (exact) mass is 389 g/mol. The van der Waals surface area contributed by atoms with Crippen molar-refractivity contribution < 1.29 is 18.0 Å². The van der Waals surface area contributed by atoms with Gasteiger partial charge in [0.1, 0.15) is 6.04 Å². The van der Waals surface area contributed by atoms with Crippen molar-refractivity contribution in [2.24, 2.45) is 0 Å². The third kappa shape index (κ3) is 5.82. The number of rotatable bonds is 7. The predicted molar refractivity (Wildman–Crippen MR) is 105 cm³/mol. The van der Waals surface area contributed by atoms with Crippen molar-refractivity contribution in [1.82, 2.24) is 4.72 Å². The smallest absolute Gasteiger partial charge is 0.264 e. The van der Waals surface area contributed by atoms with Crippen molar-refractivity contribution in [3.63, 3.8) is 0 Å². The summed E-state index contributed by atoms with van der Waals surface area (Å²) in [5, 5.41) is 5.84. The van der Waals surface area contributed by atoms with Crippen LogP contribution in [0.1, 0.15) is 26.3 Å². The molecule has 0 aliphatic carbocycles. The van der Waals surface area contributed by atoms with E-state index in [0.29, 0.717) is 11.4 Å². The summed E-state index contributed by atoms with van der Waals surface area (Å²) >= 11 is 0. The van der Waals surface area contributed by atoms with Crippen LogP contribution in [0.15, 0.2) is 53.4 Å². The molecular formula is C19H23N3O4S. The van der Waals surface area contributed by atoms with Gasteiger partial charge in [0.05, 0.1) is 4.90 Å². The van der Waals surface area contributed by atoms with Gasteiger partial charge in [-0.3, -0.25) is 9.59 Å². The van der Waals surface area contributed by atoms with Crippen LogP contribution in [-0.2, 0) is 26.0 Å². The van der Waals surface area contributed by atoms with Crippen LogP contribution in [0.3, 0.4) is 0 Å². The lowest BCUT2D eigenvalue weighted by atomic mass is 10.1. The van der Waals surface area contributed by atoms with E-state index in [2.05, 4.69) is 17.6 Å². The van der Waals surface area contributed by atoms with Crippen molar-refractivity contribution in [2.45, 2.75) is 38.1 Å². The third-order valence-corrected chi connectivity index (χ3v) is 5.30. The molecule has 144 valence electrons. The molecule has 0 bridgehead atoms. The van der Waals surface area contributed by atoms with Gasteiger partial charge in [-0.2, -0.15) is 0 Å². The minimum atomic E-state index is -3.87. The largest absolute Gasteiger partial charge is 0.374 e. The van der Waals surface area contributed by atoms with Crippen molar-refractivity contribution in [3.05, 3.63) is 54.1 Å². The number of nitrogens with one attached hydrogen (secondary N) is 3. The van der Waals surface area contributed by atoms with Crippen LogP contribution in [0.25, 0.3) is 0 Å². The summed E-state index contributed by atoms with van der Waals surface area (Å²) in [6.45, 7) is 4.90. The zero-order valence-electron chi connectivity index (χ0n) is 15.4. The first-order chi connectivity index (χ1) is 12.7. The summed E-state index contributed by atoms with van der Waals surface area (Å²) < 4.78 is 25.7. The van der Waals surface area contributed by atoms with Crippen LogP contribution in [-0.4, -0.2) is 26.3 Å². The number of carbonyl (C=O) groups is 2. The Bertz CT molecular complexity index is 907. The Hall–Kier alpha value is -2.87. The number of anilines is 2. The molecule has 0 fully saturated rings. The molecule has 0 unspecified atom stereocenters. The highest BCUT2D eigenvalue weighted by molar-refractivity contribution is 7.90. The minimum Gasteiger partial charge on any atom is -0.374 e. The summed E-state index contributed by atoms with van der Waals surface area (Å²) in [6, 6.07) is 12.9. The van der Waals surface area contributed by atoms with E-state index < -0.39 is 22.0 Å². The maximum Gasteiger partial charge on any atom is 0.264 e. The molecule has 2 amide bonds. The molecule has 27 heavy (non-hydrogen) atoms. The van der Waals surface area contributed by atoms with Gasteiger partial charge in [0.25, 0.3) is 10.0 Å². The fourth-order valence-corrected chi connectivity index (χ4v) is 3.36. The van der Waals surface area contributed by atoms with Gasteiger partial charge in [0, 0.05) is 18.3 Å². The Kier molecular flexibility index (Phi) is 6.57. The number of carbonyl (C=O) groups excluding carboxylic acids is 2. The molecule has 0 saturated heterocycles. The van der Waals surface area contributed by atoms with Crippen molar-refractivity contribution in [1.29, 1.82) is 0 Å². The van der Waals surface area contributed by atoms with Crippen molar-refractivity contribution in [3.8, 4) is 0 Å². The first-order valence-electron chi connectivity index (χ1n) is 8.51. The van der Waals surface area contributed by atoms with E-state index in [-0.39, 0.29) is 10.8 Å². The molecule has 0 aliphatic rings. The van der Waals surface area contributed by atoms with E-state index in [1.165, 1.54) is 29.8 Å². The van der Waals surface area contributed by atoms with Gasteiger partial charge in [-0.1, -0.05) is 19.1 Å². The molecule has 2 aromatic rings. The molecule has 0 aliphatic heterocycles. The molecule has 2 rings (SSSR count). The second-order valence-corrected chi connectivity index (χ2v) is 7.77. The van der Waals surface area contributed by atoms with Crippen LogP contribution in [0, 0.1) is 0 Å². The Morgan fingerprint density at radius 3 is 2.04 bits per heavy atom. The SMILES string of the molecule is CCc1ccc(NC(=O)[C@H](C)Nc2ccc(S(=O)(=O)NC(C)=O)cc2)cc1. The Morgan fingerprint density at radius 1 is 0.963 bits per heavy atom. The van der Waals surface area contributed by atoms with Gasteiger partial charge in [-0.25, -0.2) is 13.1 Å². The Morgan fingerprint density at radius 2 is 1.52 bits per heavy atom. The zero-order valence-corrected chi connectivity index (χ0v) is 16.3. The highest BCUT2D eigenvalue weighted by Crippen LogP contribution is 2.16. The number of hydrogen-bond acceptors (Lipinski definition) is 5. The van der Waals surface area contributed by atoms with E-state index >= 15 is 0 Å². The Balaban J connectivity index is 1.99. The average Bonchev–Trinajstić information content (AvgIpc) is 2.61. The number of benzene rings is 2. The molecule has 0 spiro atoms. The highest BCUT2D eigenvalue weighted by atomic mass is 32.2. The number of amides is 2. The third-order valence-electron chi connectivity index (χ3n) is 3.85. The topological polar surface area (TPSA) is 104 Å². The first-order valence-corrected chi connectivity index (χ1v) is 9.99. The Labute approximate surface area is 159 Å². The molecule has 0 radical (unpaired) electrons. The van der Waals surface area contributed by atoms with Gasteiger partial charge in [-0.15, -0.1) is 0 Å². The summed E-state index contributed by atoms with van der Waals surface area (Å²) in [5.74, 6) is -0.872. The quantitative estimate of drug-likeness (QED) is 0.675. The van der Waals surface area contributed by atoms with Gasteiger partial charge in [-0.05, 0) is 55.3 Å². The fraction of sp³-hybridized carbons (Fsp3) is 0.263. The summed E-state index contributed by atoms with van der Waals surface area (Å²) in [4.78, 5) is 23.2. The lowest BCUT2D eigenvalue weighted by Crippen LogP contribution is -2.32. The van der Waals surface area contributed by atoms with E-state index in [1.807, 2.05) is 29.0 Å². The fourth-order valence-electron chi connectivity index (χ4n) is 2.37. The number of sulfonamides is 1. The second kappa shape index (κ2) is 8.68. The molecular weight excluding hydrogens is 366 g/mol. The molecule has 8 heteroatoms. The van der Waals surface area contributed by atoms with Gasteiger partial charge < -0.3 is 10.6 Å². The van der Waals surface area contributed by atoms with Gasteiger partial charge >= 0.3 is 0 Å². The van der Waals surface area contributed by atoms with E-state index in [1.54, 1.807) is 6.92 Å². The van der Waals surface area contributed by atoms with Crippen molar-refractivity contribution in [2.75, 3.05) is 10.6 Å². The maximum absolute atomic E-state index is 12.3. The molecule has 0 aromatic heterocycles. The standard InChI is InChI=1S/C19H23N3O4S/c1-4-15-5-7-17(8-6-15)21-19(24)13(2)20-16-9-11-18(12-10-16)27(25,26)22-14(3)23/h5-13,20H,4H2,1-3H3,(H,21,24)(H,22,23)/t13-/m0/s1. The van der Waals surface area contributed by atoms with E-state index in [4.69, 9.17) is 0 Å². The number of aryl methyl sites for hydroxylation is 1. The molecule has 0 heterocycles. The number of hydrogen-bond donors (Lipinski definition) is 3. The lowest BCUT2D eigenvalue weighted by Gasteiger charge is -2.16. The molecule has 7 nitrogen and oxygen atoms in total. The molecule has 3 N–H and O–H groups in total. The first kappa shape index (κ1) is 20.4. The van der Waals surface area contributed by atoms with Crippen LogP contribution < -0.4 is 15.4 Å². The maximum atomic E-state index is 12.3. The summed E-state index contributed by atoms with van der Waals surface area (Å²) in [5.41, 5.74) is 2.48. The van der Waals surface area contributed by atoms with Gasteiger partial charge in [0.15, 0.2) is 0 Å². The normalized spacial score (nSPS) is 12.1. The van der Waals surface area contributed by atoms with Crippen LogP contribution in [0.4, 0.5) is 11.4 Å². The van der Waals surface area contributed by atoms with E-state index in [0.717, 1.165) is 13.3 Å². The average molecular weight is 389 g/mol. The zero-order chi connectivity index (χ0) is 20.0. The van der Waals surface area contributed by atoms with Crippen molar-refractivity contribution >= 4 is 33.2 Å². The predicted octanol–water partition coefficient (Wildman–Crippen LogP) is 2.51. The van der Waals surface area contributed by atoms with E-state index in [9.17, 15) is 18.0 Å². The van der Waals surface area contributed by atoms with Crippen LogP contribution in [0.2, 0.25) is 0 Å². The summed E-state index contributed by atoms with van der Waals surface area (Å²) in [7, 11) is -3.87. The second-order valence-electron chi connectivity index (χ2n) is 6.09. The lowest BCUT2D eigenvalue weighted by molar-refractivity contribution is -0.117. The molecule has 1 atom stereocenters. The highest BCUT2D eigenvalue weighted by Gasteiger charge is 2.16. The molecule has 0 saturated carbocycles.